The molecule has 0 unspecified atom stereocenters. The lowest BCUT2D eigenvalue weighted by Crippen LogP contribution is -2.45. The molecule has 2 N–H and O–H groups in total. The zero-order valence-corrected chi connectivity index (χ0v) is 6.89. The van der Waals surface area contributed by atoms with Gasteiger partial charge in [-0.15, -0.1) is 0 Å². The molecule has 0 saturated heterocycles. The fraction of sp³-hybridized carbons (Fsp3) is 0.667. The minimum atomic E-state index is -0.812. The minimum Gasteiger partial charge on any atom is -0.320 e. The summed E-state index contributed by atoms with van der Waals surface area (Å²) in [6, 6.07) is -0.812. The highest BCUT2D eigenvalue weighted by molar-refractivity contribution is 7.81. The van der Waals surface area contributed by atoms with E-state index < -0.39 is 16.6 Å². The molecule has 3 nitrogen and oxygen atoms in total. The van der Waals surface area contributed by atoms with Crippen LogP contribution in [0.2, 0.25) is 0 Å². The Balaban J connectivity index is 4.21. The second-order valence-electron chi connectivity index (χ2n) is 2.65. The lowest BCUT2D eigenvalue weighted by molar-refractivity contribution is -0.131. The van der Waals surface area contributed by atoms with Crippen LogP contribution < -0.4 is 5.73 Å². The summed E-state index contributed by atoms with van der Waals surface area (Å²) in [5, 5.41) is 0. The number of Topliss-reactive ketones (excluding diaryl/α,β-unsaturated/α-hetero) is 1. The standard InChI is InChI=1S/C6H11NO2S/c1-6(2,10)5(7)4(9)3-8/h3,5,10H,7H2,1-2H3/t5-/m1/s1. The van der Waals surface area contributed by atoms with Gasteiger partial charge < -0.3 is 5.73 Å². The molecule has 1 atom stereocenters. The van der Waals surface area contributed by atoms with Crippen molar-refractivity contribution in [3.05, 3.63) is 0 Å². The lowest BCUT2D eigenvalue weighted by atomic mass is 10.0. The van der Waals surface area contributed by atoms with Crippen molar-refractivity contribution < 1.29 is 9.59 Å². The van der Waals surface area contributed by atoms with Crippen molar-refractivity contribution in [2.24, 2.45) is 5.73 Å². The van der Waals surface area contributed by atoms with E-state index in [1.54, 1.807) is 13.8 Å². The van der Waals surface area contributed by atoms with Gasteiger partial charge in [0, 0.05) is 4.75 Å². The number of carbonyl (C=O) groups is 2. The third kappa shape index (κ3) is 2.49. The molecule has 0 saturated carbocycles. The first kappa shape index (κ1) is 9.65. The van der Waals surface area contributed by atoms with Gasteiger partial charge in [0.25, 0.3) is 0 Å². The number of nitrogens with two attached hydrogens (primary N) is 1. The highest BCUT2D eigenvalue weighted by Crippen LogP contribution is 2.15. The first-order valence-corrected chi connectivity index (χ1v) is 3.31. The first-order chi connectivity index (χ1) is 4.39. The molecular formula is C6H11NO2S. The third-order valence-electron chi connectivity index (χ3n) is 1.18. The van der Waals surface area contributed by atoms with E-state index in [0.29, 0.717) is 0 Å². The van der Waals surface area contributed by atoms with Crippen LogP contribution in [0, 0.1) is 0 Å². The number of rotatable bonds is 3. The molecular weight excluding hydrogens is 150 g/mol. The Kier molecular flexibility index (Phi) is 3.05. The normalized spacial score (nSPS) is 14.4. The van der Waals surface area contributed by atoms with Crippen molar-refractivity contribution in [2.45, 2.75) is 24.6 Å². The van der Waals surface area contributed by atoms with E-state index >= 15 is 0 Å². The van der Waals surface area contributed by atoms with E-state index in [1.165, 1.54) is 0 Å². The molecule has 0 spiro atoms. The van der Waals surface area contributed by atoms with E-state index in [2.05, 4.69) is 12.6 Å². The summed E-state index contributed by atoms with van der Waals surface area (Å²) >= 11 is 4.04. The van der Waals surface area contributed by atoms with Crippen LogP contribution in [0.3, 0.4) is 0 Å². The maximum Gasteiger partial charge on any atom is 0.213 e. The highest BCUT2D eigenvalue weighted by Gasteiger charge is 2.27. The summed E-state index contributed by atoms with van der Waals surface area (Å²) in [4.78, 5) is 20.5. The number of carbonyl (C=O) groups excluding carboxylic acids is 2. The molecule has 0 heterocycles. The molecule has 0 aliphatic carbocycles. The average Bonchev–Trinajstić information content (AvgIpc) is 1.83. The molecule has 58 valence electrons. The molecule has 0 radical (unpaired) electrons. The minimum absolute atomic E-state index is 0.225. The first-order valence-electron chi connectivity index (χ1n) is 2.86. The molecule has 0 aromatic rings. The van der Waals surface area contributed by atoms with Gasteiger partial charge in [-0.3, -0.25) is 9.59 Å². The summed E-state index contributed by atoms with van der Waals surface area (Å²) in [6.45, 7) is 3.37. The van der Waals surface area contributed by atoms with E-state index in [0.717, 1.165) is 0 Å². The molecule has 0 aromatic heterocycles. The smallest absolute Gasteiger partial charge is 0.213 e. The van der Waals surface area contributed by atoms with Gasteiger partial charge in [-0.25, -0.2) is 0 Å². The SMILES string of the molecule is CC(C)(S)[C@H](N)C(=O)C=O. The average molecular weight is 161 g/mol. The van der Waals surface area contributed by atoms with Crippen LogP contribution in [-0.2, 0) is 9.59 Å². The van der Waals surface area contributed by atoms with E-state index in [4.69, 9.17) is 5.73 Å². The van der Waals surface area contributed by atoms with Crippen LogP contribution in [-0.4, -0.2) is 22.9 Å². The van der Waals surface area contributed by atoms with Gasteiger partial charge in [-0.05, 0) is 13.8 Å². The van der Waals surface area contributed by atoms with Gasteiger partial charge >= 0.3 is 0 Å². The Hall–Kier alpha value is -0.350. The number of aldehydes is 1. The van der Waals surface area contributed by atoms with Crippen molar-refractivity contribution in [1.82, 2.24) is 0 Å². The molecule has 0 aliphatic heterocycles. The van der Waals surface area contributed by atoms with Crippen LogP contribution in [0.15, 0.2) is 0 Å². The monoisotopic (exact) mass is 161 g/mol. The van der Waals surface area contributed by atoms with Crippen LogP contribution in [0.5, 0.6) is 0 Å². The quantitative estimate of drug-likeness (QED) is 0.342. The topological polar surface area (TPSA) is 60.2 Å². The Bertz CT molecular complexity index is 150. The summed E-state index contributed by atoms with van der Waals surface area (Å²) < 4.78 is -0.627. The van der Waals surface area contributed by atoms with Gasteiger partial charge in [0.1, 0.15) is 0 Å². The second kappa shape index (κ2) is 3.16. The maximum absolute atomic E-state index is 10.6. The van der Waals surface area contributed by atoms with Crippen LogP contribution in [0.1, 0.15) is 13.8 Å². The number of hydrogen-bond donors (Lipinski definition) is 2. The largest absolute Gasteiger partial charge is 0.320 e. The van der Waals surface area contributed by atoms with Crippen molar-refractivity contribution >= 4 is 24.7 Å². The molecule has 4 heteroatoms. The van der Waals surface area contributed by atoms with Gasteiger partial charge in [-0.1, -0.05) is 0 Å². The van der Waals surface area contributed by atoms with Gasteiger partial charge in [-0.2, -0.15) is 12.6 Å². The summed E-state index contributed by atoms with van der Waals surface area (Å²) in [7, 11) is 0. The van der Waals surface area contributed by atoms with Crippen molar-refractivity contribution in [3.8, 4) is 0 Å². The third-order valence-corrected chi connectivity index (χ3v) is 1.46. The highest BCUT2D eigenvalue weighted by atomic mass is 32.1. The van der Waals surface area contributed by atoms with Gasteiger partial charge in [0.05, 0.1) is 6.04 Å². The fourth-order valence-corrected chi connectivity index (χ4v) is 0.549. The van der Waals surface area contributed by atoms with Gasteiger partial charge in [0.15, 0.2) is 6.29 Å². The Morgan fingerprint density at radius 2 is 2.10 bits per heavy atom. The molecule has 0 fully saturated rings. The van der Waals surface area contributed by atoms with Crippen molar-refractivity contribution in [1.29, 1.82) is 0 Å². The van der Waals surface area contributed by atoms with Crippen LogP contribution in [0.4, 0.5) is 0 Å². The predicted octanol–water partition coefficient (Wildman–Crippen LogP) is -0.210. The molecule has 10 heavy (non-hydrogen) atoms. The van der Waals surface area contributed by atoms with E-state index in [9.17, 15) is 9.59 Å². The van der Waals surface area contributed by atoms with Gasteiger partial charge in [0.2, 0.25) is 5.78 Å². The Morgan fingerprint density at radius 1 is 1.70 bits per heavy atom. The lowest BCUT2D eigenvalue weighted by Gasteiger charge is -2.22. The zero-order valence-electron chi connectivity index (χ0n) is 6.00. The van der Waals surface area contributed by atoms with Crippen LogP contribution in [0.25, 0.3) is 0 Å². The number of ketones is 1. The molecule has 0 amide bonds. The predicted molar refractivity (Wildman–Crippen MR) is 42.1 cm³/mol. The van der Waals surface area contributed by atoms with Crippen molar-refractivity contribution in [2.75, 3.05) is 0 Å². The Morgan fingerprint density at radius 3 is 2.20 bits per heavy atom. The summed E-state index contributed by atoms with van der Waals surface area (Å²) in [6.07, 6.45) is 0.225. The van der Waals surface area contributed by atoms with Crippen molar-refractivity contribution in [3.63, 3.8) is 0 Å². The molecule has 0 bridgehead atoms. The van der Waals surface area contributed by atoms with Crippen LogP contribution >= 0.6 is 12.6 Å². The maximum atomic E-state index is 10.6. The molecule has 0 aromatic carbocycles. The second-order valence-corrected chi connectivity index (χ2v) is 3.80. The Labute approximate surface area is 65.4 Å². The summed E-state index contributed by atoms with van der Waals surface area (Å²) in [5.74, 6) is -0.611. The summed E-state index contributed by atoms with van der Waals surface area (Å²) in [5.41, 5.74) is 5.35. The molecule has 0 aliphatic rings. The van der Waals surface area contributed by atoms with E-state index in [-0.39, 0.29) is 6.29 Å². The number of hydrogen-bond acceptors (Lipinski definition) is 4. The fourth-order valence-electron chi connectivity index (χ4n) is 0.421. The molecule has 0 rings (SSSR count). The van der Waals surface area contributed by atoms with E-state index in [1.807, 2.05) is 0 Å². The zero-order chi connectivity index (χ0) is 8.36. The number of thiol groups is 1.